The number of carbonyl (C=O) groups is 3. The first-order valence-electron chi connectivity index (χ1n) is 13.5. The average molecular weight is 807 g/mol. The molecule has 226 valence electrons. The largest absolute Gasteiger partial charge is 0.738 e. The van der Waals surface area contributed by atoms with Crippen molar-refractivity contribution in [2.24, 2.45) is 0 Å². The maximum absolute atomic E-state index is 17.1. The molecule has 0 bridgehead atoms. The number of carboxylic acids is 1. The van der Waals surface area contributed by atoms with Gasteiger partial charge in [0.2, 0.25) is 0 Å². The van der Waals surface area contributed by atoms with Crippen molar-refractivity contribution in [3.8, 4) is 0 Å². The van der Waals surface area contributed by atoms with Crippen LogP contribution in [0.15, 0.2) is 55.7 Å². The number of rotatable bonds is 7. The molecule has 45 heavy (non-hydrogen) atoms. The maximum atomic E-state index is 17.1. The normalized spacial score (nSPS) is 15.1. The highest BCUT2D eigenvalue weighted by molar-refractivity contribution is 9.11. The number of fused-ring (bicyclic) bond motifs is 9. The van der Waals surface area contributed by atoms with Crippen LogP contribution in [0, 0.1) is 0 Å². The molecule has 8 rings (SSSR count). The number of ketones is 1. The number of aliphatic carboxylic acids is 1. The van der Waals surface area contributed by atoms with Crippen molar-refractivity contribution in [3.63, 3.8) is 0 Å². The number of carboxylic acid groups (broad SMARTS) is 1. The lowest BCUT2D eigenvalue weighted by Gasteiger charge is -2.31. The average Bonchev–Trinajstić information content (AvgIpc) is 3.80. The van der Waals surface area contributed by atoms with Crippen LogP contribution in [0.4, 0.5) is 8.63 Å². The molecule has 0 saturated carbocycles. The molecular weight excluding hydrogens is 791 g/mol. The Kier molecular flexibility index (Phi) is 6.86. The van der Waals surface area contributed by atoms with E-state index in [1.165, 1.54) is 54.3 Å². The lowest BCUT2D eigenvalue weighted by molar-refractivity contribution is -0.138. The van der Waals surface area contributed by atoms with Crippen LogP contribution in [-0.4, -0.2) is 40.8 Å². The summed E-state index contributed by atoms with van der Waals surface area (Å²) in [5.41, 5.74) is 2.93. The van der Waals surface area contributed by atoms with Crippen LogP contribution < -0.4 is 19.7 Å². The third-order valence-corrected chi connectivity index (χ3v) is 13.5. The van der Waals surface area contributed by atoms with E-state index in [1.54, 1.807) is 24.3 Å². The number of halogens is 4. The van der Waals surface area contributed by atoms with Crippen molar-refractivity contribution in [1.29, 1.82) is 0 Å². The SMILES string of the molecule is O=C(O)CCC(=O)CNC(=O)c1ccc(C2=C3C=c4sc5cc(Br)sc5c4=[N+]3[B-](F)(F)n3c2cc2sc4cc(Br)sc4c23)cc1. The second-order valence-electron chi connectivity index (χ2n) is 10.6. The van der Waals surface area contributed by atoms with Gasteiger partial charge in [-0.3, -0.25) is 14.4 Å². The summed E-state index contributed by atoms with van der Waals surface area (Å²) >= 11 is 12.9. The van der Waals surface area contributed by atoms with Crippen LogP contribution >= 0.6 is 77.2 Å². The van der Waals surface area contributed by atoms with Crippen molar-refractivity contribution >= 4 is 143 Å². The summed E-state index contributed by atoms with van der Waals surface area (Å²) in [6, 6.07) is 12.4. The van der Waals surface area contributed by atoms with E-state index in [1.807, 2.05) is 24.3 Å². The molecule has 0 fully saturated rings. The molecule has 0 unspecified atom stereocenters. The number of carbonyl (C=O) groups excluding carboxylic acids is 2. The third kappa shape index (κ3) is 4.55. The van der Waals surface area contributed by atoms with E-state index in [0.29, 0.717) is 39.0 Å². The molecule has 0 atom stereocenters. The fraction of sp³-hybridized carbons (Fsp3) is 0.103. The summed E-state index contributed by atoms with van der Waals surface area (Å²) < 4.78 is 43.5. The quantitative estimate of drug-likeness (QED) is 0.173. The molecule has 0 saturated heterocycles. The van der Waals surface area contributed by atoms with E-state index in [4.69, 9.17) is 5.11 Å². The van der Waals surface area contributed by atoms with Crippen LogP contribution in [0.3, 0.4) is 0 Å². The topological polar surface area (TPSA) is 91.4 Å². The second-order valence-corrected chi connectivity index (χ2v) is 17.6. The van der Waals surface area contributed by atoms with Gasteiger partial charge in [0.15, 0.2) is 16.8 Å². The zero-order chi connectivity index (χ0) is 31.4. The second kappa shape index (κ2) is 10.5. The number of allylic oxidation sites excluding steroid dienone is 1. The number of nitrogens with one attached hydrogen (secondary N) is 1. The van der Waals surface area contributed by atoms with E-state index in [-0.39, 0.29) is 25.2 Å². The fourth-order valence-corrected chi connectivity index (χ4v) is 12.3. The molecule has 16 heteroatoms. The van der Waals surface area contributed by atoms with Gasteiger partial charge < -0.3 is 28.0 Å². The van der Waals surface area contributed by atoms with Gasteiger partial charge in [0.25, 0.3) is 5.91 Å². The molecule has 5 aromatic heterocycles. The number of nitrogens with zero attached hydrogens (tertiary/aromatic N) is 2. The summed E-state index contributed by atoms with van der Waals surface area (Å²) in [6.07, 6.45) is 1.37. The molecule has 7 nitrogen and oxygen atoms in total. The van der Waals surface area contributed by atoms with Gasteiger partial charge in [-0.05, 0) is 67.8 Å². The van der Waals surface area contributed by atoms with Gasteiger partial charge in [-0.1, -0.05) is 12.1 Å². The van der Waals surface area contributed by atoms with Crippen molar-refractivity contribution in [2.75, 3.05) is 6.54 Å². The Bertz CT molecular complexity index is 2470. The molecule has 6 aromatic rings. The number of hydrogen-bond acceptors (Lipinski definition) is 7. The lowest BCUT2D eigenvalue weighted by atomic mass is 9.86. The molecule has 0 aliphatic carbocycles. The Morgan fingerprint density at radius 3 is 2.31 bits per heavy atom. The number of Topliss-reactive ketones (excluding diaryl/α,β-unsaturated/α-hetero) is 1. The number of benzene rings is 1. The molecule has 1 aromatic carbocycles. The summed E-state index contributed by atoms with van der Waals surface area (Å²) in [4.78, 5) is 35.4. The number of amides is 1. The van der Waals surface area contributed by atoms with Gasteiger partial charge in [-0.2, -0.15) is 0 Å². The van der Waals surface area contributed by atoms with Crippen LogP contribution in [0.2, 0.25) is 0 Å². The van der Waals surface area contributed by atoms with E-state index < -0.39 is 18.8 Å². The minimum Gasteiger partial charge on any atom is -0.481 e. The Morgan fingerprint density at radius 2 is 1.60 bits per heavy atom. The van der Waals surface area contributed by atoms with Gasteiger partial charge in [0, 0.05) is 34.0 Å². The lowest BCUT2D eigenvalue weighted by Crippen LogP contribution is -2.56. The summed E-state index contributed by atoms with van der Waals surface area (Å²) in [6.45, 7) is -4.57. The Labute approximate surface area is 284 Å². The van der Waals surface area contributed by atoms with Gasteiger partial charge in [-0.15, -0.1) is 45.3 Å². The third-order valence-electron chi connectivity index (χ3n) is 7.84. The zero-order valence-electron chi connectivity index (χ0n) is 22.5. The van der Waals surface area contributed by atoms with E-state index in [0.717, 1.165) is 35.6 Å². The highest BCUT2D eigenvalue weighted by atomic mass is 79.9. The van der Waals surface area contributed by atoms with Crippen LogP contribution in [0.25, 0.3) is 40.7 Å². The van der Waals surface area contributed by atoms with Gasteiger partial charge in [0.05, 0.1) is 40.2 Å². The van der Waals surface area contributed by atoms with Crippen molar-refractivity contribution in [1.82, 2.24) is 14.3 Å². The number of aromatic nitrogens is 1. The molecule has 2 aliphatic rings. The predicted octanol–water partition coefficient (Wildman–Crippen LogP) is 6.86. The van der Waals surface area contributed by atoms with E-state index in [2.05, 4.69) is 37.2 Å². The first kappa shape index (κ1) is 29.4. The Hall–Kier alpha value is -3.02. The van der Waals surface area contributed by atoms with Crippen molar-refractivity contribution in [2.45, 2.75) is 12.8 Å². The smallest absolute Gasteiger partial charge is 0.481 e. The molecule has 2 N–H and O–H groups in total. The summed E-state index contributed by atoms with van der Waals surface area (Å²) in [5, 5.41) is 11.8. The predicted molar refractivity (Wildman–Crippen MR) is 185 cm³/mol. The molecule has 0 spiro atoms. The molecule has 0 radical (unpaired) electrons. The first-order chi connectivity index (χ1) is 21.5. The number of hydrogen-bond donors (Lipinski definition) is 2. The Balaban J connectivity index is 1.28. The van der Waals surface area contributed by atoms with Crippen LogP contribution in [-0.2, 0) is 9.59 Å². The highest BCUT2D eigenvalue weighted by Gasteiger charge is 2.54. The molecular formula is C29H16BBr2F2N3O4S4. The highest BCUT2D eigenvalue weighted by Crippen LogP contribution is 2.48. The maximum Gasteiger partial charge on any atom is 0.738 e. The summed E-state index contributed by atoms with van der Waals surface area (Å²) in [5.74, 6) is -1.96. The summed E-state index contributed by atoms with van der Waals surface area (Å²) in [7, 11) is 0. The van der Waals surface area contributed by atoms with E-state index >= 15 is 8.63 Å². The zero-order valence-corrected chi connectivity index (χ0v) is 29.0. The van der Waals surface area contributed by atoms with Crippen molar-refractivity contribution in [3.05, 3.63) is 82.4 Å². The Morgan fingerprint density at radius 1 is 0.911 bits per heavy atom. The van der Waals surface area contributed by atoms with Crippen LogP contribution in [0.5, 0.6) is 0 Å². The minimum absolute atomic E-state index is 0.170. The first-order valence-corrected chi connectivity index (χ1v) is 18.3. The van der Waals surface area contributed by atoms with E-state index in [9.17, 15) is 14.4 Å². The van der Waals surface area contributed by atoms with Gasteiger partial charge in [0.1, 0.15) is 9.23 Å². The minimum atomic E-state index is -4.29. The standard InChI is InChI=1S/C29H16BBr2F2N3O4S4/c31-21-9-19-27(44-21)25-17(42-19)7-15-24(12-1-3-13(4-2-12)29(41)35-11-14(38)5-6-23(39)40)16-8-18-26(37(16)30(33,34)36(15)25)28-20(43-18)10-22(32)45-28/h1-4,7-10H,5-6,11H2,(H,35,41)(H,39,40). The monoisotopic (exact) mass is 805 g/mol. The van der Waals surface area contributed by atoms with Crippen molar-refractivity contribution < 1.29 is 28.1 Å². The molecule has 1 amide bonds. The van der Waals surface area contributed by atoms with Gasteiger partial charge >= 0.3 is 12.9 Å². The van der Waals surface area contributed by atoms with Crippen LogP contribution in [0.1, 0.15) is 34.5 Å². The molecule has 7 heterocycles. The number of thiophene rings is 4. The van der Waals surface area contributed by atoms with Gasteiger partial charge in [-0.25, -0.2) is 0 Å². The molecule has 2 aliphatic heterocycles. The fourth-order valence-electron chi connectivity index (χ4n) is 5.99.